The van der Waals surface area contributed by atoms with E-state index in [0.717, 1.165) is 6.42 Å². The van der Waals surface area contributed by atoms with Crippen molar-refractivity contribution < 1.29 is 19.7 Å². The zero-order valence-corrected chi connectivity index (χ0v) is 8.78. The smallest absolute Gasteiger partial charge is 0.338 e. The number of phenolic OH excluding ortho intramolecular Hbond substituents is 2. The number of rotatable bonds is 3. The van der Waals surface area contributed by atoms with Crippen LogP contribution in [-0.2, 0) is 11.2 Å². The largest absolute Gasteiger partial charge is 0.508 e. The monoisotopic (exact) mass is 210 g/mol. The number of aromatic hydroxyl groups is 2. The number of hydrogen-bond acceptors (Lipinski definition) is 4. The van der Waals surface area contributed by atoms with Crippen LogP contribution in [0.15, 0.2) is 12.1 Å². The Hall–Kier alpha value is -1.71. The van der Waals surface area contributed by atoms with E-state index < -0.39 is 5.97 Å². The lowest BCUT2D eigenvalue weighted by Gasteiger charge is -2.09. The normalized spacial score (nSPS) is 10.0. The third kappa shape index (κ3) is 2.40. The molecule has 0 aliphatic heterocycles. The molecule has 0 aromatic heterocycles. The molecule has 0 aliphatic rings. The van der Waals surface area contributed by atoms with Crippen LogP contribution in [0.25, 0.3) is 0 Å². The van der Waals surface area contributed by atoms with Gasteiger partial charge in [0.05, 0.1) is 12.7 Å². The van der Waals surface area contributed by atoms with E-state index >= 15 is 0 Å². The molecule has 0 saturated carbocycles. The quantitative estimate of drug-likeness (QED) is 0.747. The average Bonchev–Trinajstić information content (AvgIpc) is 2.20. The molecule has 2 N–H and O–H groups in total. The molecule has 15 heavy (non-hydrogen) atoms. The van der Waals surface area contributed by atoms with Crippen molar-refractivity contribution in [3.63, 3.8) is 0 Å². The summed E-state index contributed by atoms with van der Waals surface area (Å²) in [6.07, 6.45) is 1.36. The van der Waals surface area contributed by atoms with Crippen molar-refractivity contribution in [2.24, 2.45) is 0 Å². The molecule has 0 bridgehead atoms. The molecular weight excluding hydrogens is 196 g/mol. The van der Waals surface area contributed by atoms with Crippen LogP contribution in [0.5, 0.6) is 11.5 Å². The Morgan fingerprint density at radius 2 is 2.07 bits per heavy atom. The summed E-state index contributed by atoms with van der Waals surface area (Å²) in [7, 11) is 1.26. The second-order valence-electron chi connectivity index (χ2n) is 3.23. The summed E-state index contributed by atoms with van der Waals surface area (Å²) >= 11 is 0. The summed E-state index contributed by atoms with van der Waals surface area (Å²) < 4.78 is 4.57. The number of benzene rings is 1. The Kier molecular flexibility index (Phi) is 3.55. The van der Waals surface area contributed by atoms with Crippen LogP contribution in [0.2, 0.25) is 0 Å². The Morgan fingerprint density at radius 3 is 2.60 bits per heavy atom. The Labute approximate surface area is 88.1 Å². The van der Waals surface area contributed by atoms with Gasteiger partial charge in [0.1, 0.15) is 11.5 Å². The molecular formula is C11H14O4. The first kappa shape index (κ1) is 11.4. The van der Waals surface area contributed by atoms with Crippen molar-refractivity contribution in [3.05, 3.63) is 23.3 Å². The molecule has 1 rings (SSSR count). The standard InChI is InChI=1S/C11H14O4/c1-3-4-8-9(11(14)15-2)5-7(12)6-10(8)13/h5-6,12-13H,3-4H2,1-2H3. The topological polar surface area (TPSA) is 66.8 Å². The van der Waals surface area contributed by atoms with Crippen molar-refractivity contribution in [2.75, 3.05) is 7.11 Å². The van der Waals surface area contributed by atoms with Crippen LogP contribution >= 0.6 is 0 Å². The van der Waals surface area contributed by atoms with Gasteiger partial charge < -0.3 is 14.9 Å². The van der Waals surface area contributed by atoms with Crippen LogP contribution in [-0.4, -0.2) is 23.3 Å². The van der Waals surface area contributed by atoms with Crippen LogP contribution in [0.4, 0.5) is 0 Å². The van der Waals surface area contributed by atoms with E-state index in [4.69, 9.17) is 0 Å². The minimum absolute atomic E-state index is 0.0720. The van der Waals surface area contributed by atoms with E-state index in [0.29, 0.717) is 12.0 Å². The van der Waals surface area contributed by atoms with Crippen LogP contribution in [0.1, 0.15) is 29.3 Å². The molecule has 0 heterocycles. The number of methoxy groups -OCH3 is 1. The fraction of sp³-hybridized carbons (Fsp3) is 0.364. The van der Waals surface area contributed by atoms with E-state index in [1.807, 2.05) is 6.92 Å². The number of esters is 1. The minimum Gasteiger partial charge on any atom is -0.508 e. The van der Waals surface area contributed by atoms with Gasteiger partial charge in [0.25, 0.3) is 0 Å². The van der Waals surface area contributed by atoms with Crippen LogP contribution in [0.3, 0.4) is 0 Å². The number of carbonyl (C=O) groups is 1. The third-order valence-corrected chi connectivity index (χ3v) is 2.12. The third-order valence-electron chi connectivity index (χ3n) is 2.12. The van der Waals surface area contributed by atoms with Crippen molar-refractivity contribution in [2.45, 2.75) is 19.8 Å². The van der Waals surface area contributed by atoms with Crippen LogP contribution in [0, 0.1) is 0 Å². The second-order valence-corrected chi connectivity index (χ2v) is 3.23. The maximum absolute atomic E-state index is 11.4. The van der Waals surface area contributed by atoms with Crippen molar-refractivity contribution >= 4 is 5.97 Å². The lowest BCUT2D eigenvalue weighted by molar-refractivity contribution is 0.0598. The molecule has 0 aliphatic carbocycles. The van der Waals surface area contributed by atoms with E-state index in [1.54, 1.807) is 0 Å². The number of hydrogen-bond donors (Lipinski definition) is 2. The molecule has 0 unspecified atom stereocenters. The average molecular weight is 210 g/mol. The van der Waals surface area contributed by atoms with Gasteiger partial charge >= 0.3 is 5.97 Å². The van der Waals surface area contributed by atoms with Gasteiger partial charge in [-0.2, -0.15) is 0 Å². The van der Waals surface area contributed by atoms with Gasteiger partial charge in [-0.1, -0.05) is 13.3 Å². The highest BCUT2D eigenvalue weighted by Crippen LogP contribution is 2.28. The lowest BCUT2D eigenvalue weighted by atomic mass is 10.0. The Morgan fingerprint density at radius 1 is 1.40 bits per heavy atom. The predicted molar refractivity (Wildman–Crippen MR) is 55.1 cm³/mol. The highest BCUT2D eigenvalue weighted by atomic mass is 16.5. The van der Waals surface area contributed by atoms with E-state index in [9.17, 15) is 15.0 Å². The van der Waals surface area contributed by atoms with Gasteiger partial charge in [-0.05, 0) is 12.5 Å². The van der Waals surface area contributed by atoms with Crippen LogP contribution < -0.4 is 0 Å². The SMILES string of the molecule is CCCc1c(O)cc(O)cc1C(=O)OC. The molecule has 4 nitrogen and oxygen atoms in total. The molecule has 82 valence electrons. The van der Waals surface area contributed by atoms with E-state index in [1.165, 1.54) is 19.2 Å². The number of ether oxygens (including phenoxy) is 1. The Balaban J connectivity index is 3.26. The van der Waals surface area contributed by atoms with Crippen molar-refractivity contribution in [3.8, 4) is 11.5 Å². The summed E-state index contributed by atoms with van der Waals surface area (Å²) in [6.45, 7) is 1.94. The highest BCUT2D eigenvalue weighted by molar-refractivity contribution is 5.92. The second kappa shape index (κ2) is 4.68. The summed E-state index contributed by atoms with van der Waals surface area (Å²) in [5, 5.41) is 18.8. The van der Waals surface area contributed by atoms with Gasteiger partial charge in [-0.15, -0.1) is 0 Å². The van der Waals surface area contributed by atoms with Crippen molar-refractivity contribution in [1.82, 2.24) is 0 Å². The first-order valence-corrected chi connectivity index (χ1v) is 4.73. The summed E-state index contributed by atoms with van der Waals surface area (Å²) in [5.41, 5.74) is 0.735. The molecule has 0 saturated heterocycles. The minimum atomic E-state index is -0.551. The van der Waals surface area contributed by atoms with Crippen molar-refractivity contribution in [1.29, 1.82) is 0 Å². The molecule has 0 amide bonds. The highest BCUT2D eigenvalue weighted by Gasteiger charge is 2.16. The Bertz CT molecular complexity index is 371. The molecule has 0 fully saturated rings. The molecule has 1 aromatic carbocycles. The molecule has 0 spiro atoms. The number of carbonyl (C=O) groups excluding carboxylic acids is 1. The summed E-state index contributed by atoms with van der Waals surface area (Å²) in [4.78, 5) is 11.4. The van der Waals surface area contributed by atoms with Gasteiger partial charge in [0.2, 0.25) is 0 Å². The van der Waals surface area contributed by atoms with E-state index in [-0.39, 0.29) is 17.1 Å². The van der Waals surface area contributed by atoms with E-state index in [2.05, 4.69) is 4.74 Å². The maximum Gasteiger partial charge on any atom is 0.338 e. The molecule has 4 heteroatoms. The lowest BCUT2D eigenvalue weighted by Crippen LogP contribution is -2.05. The maximum atomic E-state index is 11.4. The molecule has 0 radical (unpaired) electrons. The van der Waals surface area contributed by atoms with Gasteiger partial charge in [-0.25, -0.2) is 4.79 Å². The summed E-state index contributed by atoms with van der Waals surface area (Å²) in [6, 6.07) is 2.52. The first-order valence-electron chi connectivity index (χ1n) is 4.73. The summed E-state index contributed by atoms with van der Waals surface area (Å²) in [5.74, 6) is -0.769. The van der Waals surface area contributed by atoms with Gasteiger partial charge in [0, 0.05) is 11.6 Å². The predicted octanol–water partition coefficient (Wildman–Crippen LogP) is 1.84. The zero-order chi connectivity index (χ0) is 11.4. The fourth-order valence-corrected chi connectivity index (χ4v) is 1.45. The van der Waals surface area contributed by atoms with Gasteiger partial charge in [-0.3, -0.25) is 0 Å². The molecule has 1 aromatic rings. The number of phenols is 2. The molecule has 0 atom stereocenters. The van der Waals surface area contributed by atoms with Gasteiger partial charge in [0.15, 0.2) is 0 Å². The fourth-order valence-electron chi connectivity index (χ4n) is 1.45. The zero-order valence-electron chi connectivity index (χ0n) is 8.78. The first-order chi connectivity index (χ1) is 7.10.